The van der Waals surface area contributed by atoms with E-state index in [1.165, 1.54) is 0 Å². The van der Waals surface area contributed by atoms with Gasteiger partial charge in [0, 0.05) is 31.6 Å². The van der Waals surface area contributed by atoms with E-state index in [1.807, 2.05) is 36.1 Å². The van der Waals surface area contributed by atoms with Crippen molar-refractivity contribution in [1.29, 1.82) is 0 Å². The fourth-order valence-electron chi connectivity index (χ4n) is 2.53. The summed E-state index contributed by atoms with van der Waals surface area (Å²) in [6, 6.07) is 8.03. The Kier molecular flexibility index (Phi) is 5.14. The molecule has 6 heteroatoms. The second-order valence-electron chi connectivity index (χ2n) is 5.42. The van der Waals surface area contributed by atoms with Crippen molar-refractivity contribution in [1.82, 2.24) is 5.43 Å². The van der Waals surface area contributed by atoms with Gasteiger partial charge in [-0.15, -0.1) is 0 Å². The first-order valence-corrected chi connectivity index (χ1v) is 7.53. The van der Waals surface area contributed by atoms with Crippen LogP contribution in [0.1, 0.15) is 32.3 Å². The molecule has 0 radical (unpaired) electrons. The molecule has 1 aromatic carbocycles. The molecule has 0 saturated carbocycles. The second kappa shape index (κ2) is 7.06. The Labute approximate surface area is 131 Å². The zero-order valence-corrected chi connectivity index (χ0v) is 13.3. The van der Waals surface area contributed by atoms with Crippen LogP contribution in [0.3, 0.4) is 0 Å². The maximum atomic E-state index is 11.3. The number of aliphatic imine (C=N–C) groups is 1. The number of hydrogen-bond donors (Lipinski definition) is 2. The molecule has 0 bridgehead atoms. The van der Waals surface area contributed by atoms with Crippen LogP contribution in [0.5, 0.6) is 0 Å². The van der Waals surface area contributed by atoms with Gasteiger partial charge >= 0.3 is 0 Å². The molecule has 3 N–H and O–H groups in total. The Morgan fingerprint density at radius 2 is 2.14 bits per heavy atom. The van der Waals surface area contributed by atoms with E-state index < -0.39 is 0 Å². The van der Waals surface area contributed by atoms with E-state index in [-0.39, 0.29) is 11.8 Å². The molecule has 0 aromatic heterocycles. The lowest BCUT2D eigenvalue weighted by Crippen LogP contribution is -2.38. The summed E-state index contributed by atoms with van der Waals surface area (Å²) in [4.78, 5) is 17.4. The molecule has 0 fully saturated rings. The van der Waals surface area contributed by atoms with Crippen molar-refractivity contribution in [3.05, 3.63) is 29.8 Å². The van der Waals surface area contributed by atoms with Gasteiger partial charge < -0.3 is 10.6 Å². The number of anilines is 1. The minimum atomic E-state index is -0.0334. The third-order valence-electron chi connectivity index (χ3n) is 3.69. The van der Waals surface area contributed by atoms with E-state index in [9.17, 15) is 4.79 Å². The van der Waals surface area contributed by atoms with Crippen LogP contribution in [-0.2, 0) is 4.79 Å². The SMILES string of the molecule is CCCN(C(N)=NC)c1ccc(C2=NNC(=O)CC2C)cc1. The van der Waals surface area contributed by atoms with Crippen LogP contribution in [0.25, 0.3) is 0 Å². The van der Waals surface area contributed by atoms with Gasteiger partial charge in [-0.05, 0) is 24.1 Å². The van der Waals surface area contributed by atoms with Crippen LogP contribution >= 0.6 is 0 Å². The Morgan fingerprint density at radius 1 is 1.45 bits per heavy atom. The zero-order valence-electron chi connectivity index (χ0n) is 13.3. The summed E-state index contributed by atoms with van der Waals surface area (Å²) in [5.74, 6) is 0.591. The maximum absolute atomic E-state index is 11.3. The van der Waals surface area contributed by atoms with Gasteiger partial charge in [-0.1, -0.05) is 26.0 Å². The number of hydrazone groups is 1. The normalized spacial score (nSPS) is 18.7. The average molecular weight is 301 g/mol. The summed E-state index contributed by atoms with van der Waals surface area (Å²) in [5.41, 5.74) is 11.4. The van der Waals surface area contributed by atoms with E-state index in [2.05, 4.69) is 22.4 Å². The number of carbonyl (C=O) groups is 1. The highest BCUT2D eigenvalue weighted by Crippen LogP contribution is 2.20. The van der Waals surface area contributed by atoms with E-state index in [1.54, 1.807) is 7.05 Å². The van der Waals surface area contributed by atoms with E-state index in [0.29, 0.717) is 12.4 Å². The van der Waals surface area contributed by atoms with Crippen LogP contribution in [-0.4, -0.2) is 31.2 Å². The zero-order chi connectivity index (χ0) is 16.1. The molecule has 0 spiro atoms. The topological polar surface area (TPSA) is 83.1 Å². The van der Waals surface area contributed by atoms with Crippen molar-refractivity contribution in [2.45, 2.75) is 26.7 Å². The quantitative estimate of drug-likeness (QED) is 0.656. The molecule has 118 valence electrons. The molecule has 1 aliphatic rings. The molecule has 2 rings (SSSR count). The van der Waals surface area contributed by atoms with E-state index in [0.717, 1.165) is 29.9 Å². The van der Waals surface area contributed by atoms with Crippen molar-refractivity contribution in [3.8, 4) is 0 Å². The van der Waals surface area contributed by atoms with Gasteiger partial charge in [-0.25, -0.2) is 5.43 Å². The highest BCUT2D eigenvalue weighted by Gasteiger charge is 2.21. The Balaban J connectivity index is 2.24. The van der Waals surface area contributed by atoms with Crippen molar-refractivity contribution >= 4 is 23.3 Å². The molecule has 1 heterocycles. The lowest BCUT2D eigenvalue weighted by atomic mass is 9.94. The van der Waals surface area contributed by atoms with Crippen LogP contribution in [0.4, 0.5) is 5.69 Å². The molecule has 1 aromatic rings. The van der Waals surface area contributed by atoms with Gasteiger partial charge in [0.2, 0.25) is 5.91 Å². The van der Waals surface area contributed by atoms with Crippen LogP contribution < -0.4 is 16.1 Å². The predicted octanol–water partition coefficient (Wildman–Crippen LogP) is 1.71. The van der Waals surface area contributed by atoms with Crippen molar-refractivity contribution < 1.29 is 4.79 Å². The van der Waals surface area contributed by atoms with E-state index >= 15 is 0 Å². The monoisotopic (exact) mass is 301 g/mol. The summed E-state index contributed by atoms with van der Waals surface area (Å²) < 4.78 is 0. The second-order valence-corrected chi connectivity index (χ2v) is 5.42. The molecular weight excluding hydrogens is 278 g/mol. The Bertz CT molecular complexity index is 591. The first-order valence-electron chi connectivity index (χ1n) is 7.53. The number of amides is 1. The largest absolute Gasteiger partial charge is 0.370 e. The van der Waals surface area contributed by atoms with Gasteiger partial charge in [-0.2, -0.15) is 5.10 Å². The van der Waals surface area contributed by atoms with Gasteiger partial charge in [-0.3, -0.25) is 9.79 Å². The van der Waals surface area contributed by atoms with Crippen molar-refractivity contribution in [3.63, 3.8) is 0 Å². The maximum Gasteiger partial charge on any atom is 0.240 e. The number of benzene rings is 1. The third kappa shape index (κ3) is 3.44. The molecule has 1 unspecified atom stereocenters. The fraction of sp³-hybridized carbons (Fsp3) is 0.438. The Morgan fingerprint density at radius 3 is 2.68 bits per heavy atom. The summed E-state index contributed by atoms with van der Waals surface area (Å²) in [6.07, 6.45) is 1.45. The fourth-order valence-corrected chi connectivity index (χ4v) is 2.53. The average Bonchev–Trinajstić information content (AvgIpc) is 2.52. The van der Waals surface area contributed by atoms with Gasteiger partial charge in [0.05, 0.1) is 5.71 Å². The van der Waals surface area contributed by atoms with Gasteiger partial charge in [0.15, 0.2) is 5.96 Å². The minimum Gasteiger partial charge on any atom is -0.370 e. The van der Waals surface area contributed by atoms with Crippen LogP contribution in [0.15, 0.2) is 34.4 Å². The molecule has 1 amide bonds. The smallest absolute Gasteiger partial charge is 0.240 e. The number of nitrogens with one attached hydrogen (secondary N) is 1. The lowest BCUT2D eigenvalue weighted by molar-refractivity contribution is -0.121. The minimum absolute atomic E-state index is 0.0334. The Hall–Kier alpha value is -2.37. The summed E-state index contributed by atoms with van der Waals surface area (Å²) in [5, 5.41) is 4.18. The number of hydrogen-bond acceptors (Lipinski definition) is 3. The standard InChI is InChI=1S/C16H23N5O/c1-4-9-21(16(17)18-3)13-7-5-12(6-8-13)15-11(2)10-14(22)19-20-15/h5-8,11H,4,9-10H2,1-3H3,(H2,17,18)(H,19,22). The highest BCUT2D eigenvalue weighted by molar-refractivity contribution is 6.06. The third-order valence-corrected chi connectivity index (χ3v) is 3.69. The van der Waals surface area contributed by atoms with Crippen LogP contribution in [0.2, 0.25) is 0 Å². The van der Waals surface area contributed by atoms with Gasteiger partial charge in [0.25, 0.3) is 0 Å². The number of nitrogens with zero attached hydrogens (tertiary/aromatic N) is 3. The summed E-state index contributed by atoms with van der Waals surface area (Å²) in [6.45, 7) is 4.93. The predicted molar refractivity (Wildman–Crippen MR) is 90.1 cm³/mol. The first kappa shape index (κ1) is 16.0. The summed E-state index contributed by atoms with van der Waals surface area (Å²) >= 11 is 0. The number of carbonyl (C=O) groups excluding carboxylic acids is 1. The number of nitrogens with two attached hydrogens (primary N) is 1. The van der Waals surface area contributed by atoms with Crippen molar-refractivity contribution in [2.24, 2.45) is 21.7 Å². The molecule has 0 aliphatic carbocycles. The van der Waals surface area contributed by atoms with Gasteiger partial charge in [0.1, 0.15) is 0 Å². The molecular formula is C16H23N5O. The first-order chi connectivity index (χ1) is 10.6. The molecule has 1 aliphatic heterocycles. The molecule has 6 nitrogen and oxygen atoms in total. The molecule has 0 saturated heterocycles. The van der Waals surface area contributed by atoms with Crippen molar-refractivity contribution in [2.75, 3.05) is 18.5 Å². The number of rotatable bonds is 4. The summed E-state index contributed by atoms with van der Waals surface area (Å²) in [7, 11) is 1.69. The lowest BCUT2D eigenvalue weighted by Gasteiger charge is -2.24. The van der Waals surface area contributed by atoms with E-state index in [4.69, 9.17) is 5.73 Å². The molecule has 22 heavy (non-hydrogen) atoms. The van der Waals surface area contributed by atoms with Crippen LogP contribution in [0, 0.1) is 5.92 Å². The number of guanidine groups is 1. The highest BCUT2D eigenvalue weighted by atomic mass is 16.2. The molecule has 1 atom stereocenters.